The zero-order chi connectivity index (χ0) is 34.3. The topological polar surface area (TPSA) is 139 Å². The van der Waals surface area contributed by atoms with Crippen molar-refractivity contribution in [3.8, 4) is 33.9 Å². The average Bonchev–Trinajstić information content (AvgIpc) is 3.73. The predicted octanol–water partition coefficient (Wildman–Crippen LogP) is 5.61. The van der Waals surface area contributed by atoms with Crippen LogP contribution in [0.25, 0.3) is 22.4 Å². The molecule has 4 aromatic rings. The Balaban J connectivity index is 1.19. The average molecular weight is 705 g/mol. The summed E-state index contributed by atoms with van der Waals surface area (Å²) >= 11 is 14.1. The van der Waals surface area contributed by atoms with Gasteiger partial charge in [-0.3, -0.25) is 19.6 Å². The lowest BCUT2D eigenvalue weighted by Gasteiger charge is -2.18. The van der Waals surface area contributed by atoms with Crippen LogP contribution in [0.5, 0.6) is 11.5 Å². The number of nitrogens with one attached hydrogen (secondary N) is 5. The van der Waals surface area contributed by atoms with E-state index in [1.807, 2.05) is 42.5 Å². The second-order valence-corrected chi connectivity index (χ2v) is 12.8. The van der Waals surface area contributed by atoms with Gasteiger partial charge in [0, 0.05) is 91.3 Å². The summed E-state index contributed by atoms with van der Waals surface area (Å²) in [6, 6.07) is 13.7. The van der Waals surface area contributed by atoms with E-state index in [2.05, 4.69) is 36.6 Å². The molecule has 0 radical (unpaired) electrons. The summed E-state index contributed by atoms with van der Waals surface area (Å²) in [6.07, 6.45) is 7.97. The third kappa shape index (κ3) is 8.08. The first-order chi connectivity index (χ1) is 23.8. The molecule has 49 heavy (non-hydrogen) atoms. The number of aromatic nitrogens is 2. The van der Waals surface area contributed by atoms with Gasteiger partial charge in [-0.1, -0.05) is 47.5 Å². The molecule has 11 nitrogen and oxygen atoms in total. The first kappa shape index (κ1) is 34.4. The summed E-state index contributed by atoms with van der Waals surface area (Å²) in [4.78, 5) is 32.1. The van der Waals surface area contributed by atoms with E-state index in [9.17, 15) is 9.59 Å². The fourth-order valence-electron chi connectivity index (χ4n) is 6.24. The number of carbonyl (C=O) groups excluding carboxylic acids is 2. The van der Waals surface area contributed by atoms with Crippen LogP contribution in [0.15, 0.2) is 61.1 Å². The number of pyridine rings is 2. The maximum absolute atomic E-state index is 11.5. The van der Waals surface area contributed by atoms with Crippen LogP contribution in [0.1, 0.15) is 36.8 Å². The zero-order valence-electron chi connectivity index (χ0n) is 27.4. The third-order valence-corrected chi connectivity index (χ3v) is 9.55. The van der Waals surface area contributed by atoms with Gasteiger partial charge in [-0.2, -0.15) is 0 Å². The van der Waals surface area contributed by atoms with Crippen LogP contribution in [0.2, 0.25) is 10.0 Å². The van der Waals surface area contributed by atoms with Crippen molar-refractivity contribution < 1.29 is 19.1 Å². The number of nitrogens with zero attached hydrogens (tertiary/aromatic N) is 2. The lowest BCUT2D eigenvalue weighted by Crippen LogP contribution is -2.35. The number of anilines is 2. The van der Waals surface area contributed by atoms with Gasteiger partial charge in [-0.05, 0) is 31.0 Å². The van der Waals surface area contributed by atoms with Crippen LogP contribution in [-0.2, 0) is 22.7 Å². The molecule has 0 saturated carbocycles. The molecule has 256 valence electrons. The summed E-state index contributed by atoms with van der Waals surface area (Å²) in [6.45, 7) is 2.45. The molecule has 0 bridgehead atoms. The summed E-state index contributed by atoms with van der Waals surface area (Å²) < 4.78 is 11.5. The van der Waals surface area contributed by atoms with Crippen LogP contribution >= 0.6 is 23.2 Å². The number of ether oxygens (including phenoxy) is 2. The quantitative estimate of drug-likeness (QED) is 0.113. The Morgan fingerprint density at radius 2 is 1.51 bits per heavy atom. The highest BCUT2D eigenvalue weighted by molar-refractivity contribution is 6.39. The minimum atomic E-state index is 0.0903. The Morgan fingerprint density at radius 3 is 2.16 bits per heavy atom. The molecule has 2 unspecified atom stereocenters. The molecule has 13 heteroatoms. The monoisotopic (exact) mass is 703 g/mol. The molecule has 2 aromatic heterocycles. The van der Waals surface area contributed by atoms with Gasteiger partial charge in [-0.15, -0.1) is 0 Å². The van der Waals surface area contributed by atoms with Gasteiger partial charge in [0.25, 0.3) is 0 Å². The Hall–Kier alpha value is -4.42. The number of carbonyl (C=O) groups is 2. The molecular formula is C36H39Cl2N7O4. The van der Waals surface area contributed by atoms with Gasteiger partial charge in [0.05, 0.1) is 41.8 Å². The Labute approximate surface area is 295 Å². The standard InChI is InChI=1S/C36H39Cl2N7O4/c1-48-30-14-21(6-7-22(30)15-39-18-24-8-10-31(46)43-24)35-34(38)27(12-13-42-35)26-4-3-5-28(33(26)37)45-29-20-41-17-23(36(29)49-2)16-40-19-25-9-11-32(47)44-25/h3-7,12-14,17,20,24-25,39-40,45H,8-11,15-16,18-19H2,1-2H3,(H,43,46)(H,44,47). The van der Waals surface area contributed by atoms with Gasteiger partial charge >= 0.3 is 0 Å². The van der Waals surface area contributed by atoms with Crippen LogP contribution in [0.4, 0.5) is 11.4 Å². The van der Waals surface area contributed by atoms with Gasteiger partial charge < -0.3 is 36.1 Å². The van der Waals surface area contributed by atoms with Crippen molar-refractivity contribution >= 4 is 46.4 Å². The molecular weight excluding hydrogens is 665 g/mol. The Morgan fingerprint density at radius 1 is 0.816 bits per heavy atom. The van der Waals surface area contributed by atoms with E-state index in [1.165, 1.54) is 0 Å². The molecule has 4 heterocycles. The van der Waals surface area contributed by atoms with Crippen molar-refractivity contribution in [2.75, 3.05) is 32.6 Å². The van der Waals surface area contributed by atoms with E-state index in [4.69, 9.17) is 32.7 Å². The number of hydrogen-bond donors (Lipinski definition) is 5. The van der Waals surface area contributed by atoms with E-state index in [0.29, 0.717) is 77.6 Å². The van der Waals surface area contributed by atoms with Crippen molar-refractivity contribution in [2.45, 2.75) is 50.9 Å². The van der Waals surface area contributed by atoms with E-state index in [-0.39, 0.29) is 23.9 Å². The number of hydrogen-bond acceptors (Lipinski definition) is 9. The highest BCUT2D eigenvalue weighted by atomic mass is 35.5. The first-order valence-corrected chi connectivity index (χ1v) is 17.0. The van der Waals surface area contributed by atoms with Gasteiger partial charge in [0.2, 0.25) is 11.8 Å². The highest BCUT2D eigenvalue weighted by Gasteiger charge is 2.22. The molecule has 5 N–H and O–H groups in total. The zero-order valence-corrected chi connectivity index (χ0v) is 28.9. The van der Waals surface area contributed by atoms with Crippen molar-refractivity contribution in [1.29, 1.82) is 0 Å². The smallest absolute Gasteiger partial charge is 0.220 e. The fourth-order valence-corrected chi connectivity index (χ4v) is 6.84. The molecule has 6 rings (SSSR count). The second-order valence-electron chi connectivity index (χ2n) is 12.1. The summed E-state index contributed by atoms with van der Waals surface area (Å²) in [7, 11) is 3.25. The SMILES string of the molecule is COc1cc(-c2nccc(-c3cccc(Nc4cncc(CNCC5CCC(=O)N5)c4OC)c3Cl)c2Cl)ccc1CNCC1CCC(=O)N1. The maximum Gasteiger partial charge on any atom is 0.220 e. The van der Waals surface area contributed by atoms with E-state index in [1.54, 1.807) is 32.8 Å². The van der Waals surface area contributed by atoms with Crippen LogP contribution in [0, 0.1) is 0 Å². The van der Waals surface area contributed by atoms with E-state index < -0.39 is 0 Å². The number of benzene rings is 2. The molecule has 2 aromatic carbocycles. The lowest BCUT2D eigenvalue weighted by molar-refractivity contribution is -0.120. The molecule has 2 saturated heterocycles. The summed E-state index contributed by atoms with van der Waals surface area (Å²) in [5, 5.41) is 17.1. The van der Waals surface area contributed by atoms with E-state index in [0.717, 1.165) is 40.7 Å². The van der Waals surface area contributed by atoms with Crippen LogP contribution in [-0.4, -0.2) is 61.2 Å². The number of rotatable bonds is 14. The third-order valence-electron chi connectivity index (χ3n) is 8.76. The molecule has 0 spiro atoms. The van der Waals surface area contributed by atoms with E-state index >= 15 is 0 Å². The summed E-state index contributed by atoms with van der Waals surface area (Å²) in [5.41, 5.74) is 6.03. The number of methoxy groups -OCH3 is 2. The van der Waals surface area contributed by atoms with Crippen LogP contribution < -0.4 is 36.1 Å². The fraction of sp³-hybridized carbons (Fsp3) is 0.333. The van der Waals surface area contributed by atoms with Crippen molar-refractivity contribution in [1.82, 2.24) is 31.2 Å². The van der Waals surface area contributed by atoms with Gasteiger partial charge in [-0.25, -0.2) is 0 Å². The molecule has 2 atom stereocenters. The van der Waals surface area contributed by atoms with Crippen LogP contribution in [0.3, 0.4) is 0 Å². The van der Waals surface area contributed by atoms with Gasteiger partial charge in [0.15, 0.2) is 0 Å². The number of halogens is 2. The Kier molecular flexibility index (Phi) is 11.1. The Bertz CT molecular complexity index is 1840. The van der Waals surface area contributed by atoms with Gasteiger partial charge in [0.1, 0.15) is 17.2 Å². The van der Waals surface area contributed by atoms with Crippen molar-refractivity contribution in [2.24, 2.45) is 0 Å². The first-order valence-electron chi connectivity index (χ1n) is 16.2. The highest BCUT2D eigenvalue weighted by Crippen LogP contribution is 2.42. The largest absolute Gasteiger partial charge is 0.496 e. The maximum atomic E-state index is 11.5. The molecule has 2 fully saturated rings. The minimum Gasteiger partial charge on any atom is -0.496 e. The predicted molar refractivity (Wildman–Crippen MR) is 191 cm³/mol. The lowest BCUT2D eigenvalue weighted by atomic mass is 10.0. The van der Waals surface area contributed by atoms with Crippen molar-refractivity contribution in [3.05, 3.63) is 82.2 Å². The number of amides is 2. The van der Waals surface area contributed by atoms with Crippen molar-refractivity contribution in [3.63, 3.8) is 0 Å². The summed E-state index contributed by atoms with van der Waals surface area (Å²) in [5.74, 6) is 1.54. The molecule has 2 amide bonds. The molecule has 0 aliphatic carbocycles. The second kappa shape index (κ2) is 15.9. The normalized spacial score (nSPS) is 17.1. The molecule has 2 aliphatic rings. The molecule has 2 aliphatic heterocycles. The minimum absolute atomic E-state index is 0.0903.